The van der Waals surface area contributed by atoms with Crippen LogP contribution in [0.1, 0.15) is 76.7 Å². The number of rotatable bonds is 12. The Bertz CT molecular complexity index is 787. The molecule has 27 heavy (non-hydrogen) atoms. The zero-order valence-electron chi connectivity index (χ0n) is 16.4. The molecule has 2 aromatic carbocycles. The number of hydrogen-bond donors (Lipinski definition) is 1. The molecule has 0 spiro atoms. The van der Waals surface area contributed by atoms with Crippen LogP contribution in [0.15, 0.2) is 41.3 Å². The van der Waals surface area contributed by atoms with Gasteiger partial charge in [0.2, 0.25) is 0 Å². The minimum atomic E-state index is -4.22. The monoisotopic (exact) mass is 427 g/mol. The SMILES string of the molecule is CCCCCCCCCCCCc1ccc2ccccc2c1S(=O)(=O)O.[V]. The van der Waals surface area contributed by atoms with Crippen LogP contribution in [0.3, 0.4) is 0 Å². The van der Waals surface area contributed by atoms with Gasteiger partial charge in [0.1, 0.15) is 4.90 Å². The third-order valence-electron chi connectivity index (χ3n) is 5.02. The van der Waals surface area contributed by atoms with Crippen LogP contribution in [0.4, 0.5) is 0 Å². The molecular weight excluding hydrogens is 395 g/mol. The van der Waals surface area contributed by atoms with Crippen molar-refractivity contribution < 1.29 is 31.5 Å². The Morgan fingerprint density at radius 1 is 0.778 bits per heavy atom. The number of hydrogen-bond acceptors (Lipinski definition) is 2. The molecule has 3 nitrogen and oxygen atoms in total. The van der Waals surface area contributed by atoms with Gasteiger partial charge in [-0.15, -0.1) is 0 Å². The van der Waals surface area contributed by atoms with Crippen molar-refractivity contribution in [1.29, 1.82) is 0 Å². The van der Waals surface area contributed by atoms with Crippen molar-refractivity contribution in [2.75, 3.05) is 0 Å². The first kappa shape index (κ1) is 24.2. The van der Waals surface area contributed by atoms with Gasteiger partial charge in [-0.3, -0.25) is 4.55 Å². The predicted molar refractivity (Wildman–Crippen MR) is 109 cm³/mol. The Morgan fingerprint density at radius 2 is 1.33 bits per heavy atom. The van der Waals surface area contributed by atoms with E-state index >= 15 is 0 Å². The molecule has 149 valence electrons. The van der Waals surface area contributed by atoms with Crippen molar-refractivity contribution in [2.24, 2.45) is 0 Å². The van der Waals surface area contributed by atoms with Gasteiger partial charge in [-0.2, -0.15) is 8.42 Å². The summed E-state index contributed by atoms with van der Waals surface area (Å²) in [6, 6.07) is 11.1. The predicted octanol–water partition coefficient (Wildman–Crippen LogP) is 6.55. The van der Waals surface area contributed by atoms with E-state index in [-0.39, 0.29) is 23.5 Å². The average Bonchev–Trinajstić information content (AvgIpc) is 2.62. The first-order valence-corrected chi connectivity index (χ1v) is 11.5. The molecule has 0 heterocycles. The molecule has 0 aromatic heterocycles. The third kappa shape index (κ3) is 7.99. The van der Waals surface area contributed by atoms with Gasteiger partial charge in [0.15, 0.2) is 0 Å². The minimum absolute atomic E-state index is 0. The summed E-state index contributed by atoms with van der Waals surface area (Å²) in [6.07, 6.45) is 13.2. The Kier molecular flexibility index (Phi) is 11.3. The molecular formula is C22H32O3SV. The van der Waals surface area contributed by atoms with Crippen molar-refractivity contribution in [3.63, 3.8) is 0 Å². The molecule has 0 saturated heterocycles. The zero-order valence-corrected chi connectivity index (χ0v) is 18.6. The van der Waals surface area contributed by atoms with E-state index in [1.165, 1.54) is 51.4 Å². The molecule has 0 unspecified atom stereocenters. The van der Waals surface area contributed by atoms with E-state index in [0.717, 1.165) is 23.8 Å². The molecule has 5 heteroatoms. The van der Waals surface area contributed by atoms with Gasteiger partial charge in [0, 0.05) is 23.9 Å². The Balaban J connectivity index is 0.00000364. The second kappa shape index (κ2) is 12.6. The smallest absolute Gasteiger partial charge is 0.282 e. The van der Waals surface area contributed by atoms with Gasteiger partial charge in [0.25, 0.3) is 10.1 Å². The second-order valence-electron chi connectivity index (χ2n) is 7.18. The molecule has 0 atom stereocenters. The van der Waals surface area contributed by atoms with Crippen LogP contribution in [-0.4, -0.2) is 13.0 Å². The standard InChI is InChI=1S/C22H32O3S.V/c1-2-3-4-5-6-7-8-9-10-11-15-20-18-17-19-14-12-13-16-21(19)22(20)26(23,24)25;/h12-14,16-18H,2-11,15H2,1H3,(H,23,24,25);. The molecule has 1 N–H and O–H groups in total. The summed E-state index contributed by atoms with van der Waals surface area (Å²) in [5.74, 6) is 0. The molecule has 0 saturated carbocycles. The minimum Gasteiger partial charge on any atom is -0.282 e. The topological polar surface area (TPSA) is 54.4 Å². The quantitative estimate of drug-likeness (QED) is 0.309. The molecule has 0 aliphatic heterocycles. The number of unbranched alkanes of at least 4 members (excludes halogenated alkanes) is 9. The first-order chi connectivity index (χ1) is 12.5. The maximum absolute atomic E-state index is 11.9. The van der Waals surface area contributed by atoms with E-state index in [4.69, 9.17) is 0 Å². The van der Waals surface area contributed by atoms with E-state index < -0.39 is 10.1 Å². The van der Waals surface area contributed by atoms with Crippen LogP contribution in [0.2, 0.25) is 0 Å². The fourth-order valence-corrected chi connectivity index (χ4v) is 4.56. The van der Waals surface area contributed by atoms with Crippen molar-refractivity contribution >= 4 is 20.9 Å². The van der Waals surface area contributed by atoms with Crippen LogP contribution in [-0.2, 0) is 35.1 Å². The van der Waals surface area contributed by atoms with E-state index in [1.54, 1.807) is 12.1 Å². The summed E-state index contributed by atoms with van der Waals surface area (Å²) >= 11 is 0. The largest absolute Gasteiger partial charge is 0.295 e. The summed E-state index contributed by atoms with van der Waals surface area (Å²) in [5.41, 5.74) is 0.728. The van der Waals surface area contributed by atoms with Gasteiger partial charge in [-0.1, -0.05) is 101 Å². The maximum Gasteiger partial charge on any atom is 0.295 e. The summed E-state index contributed by atoms with van der Waals surface area (Å²) < 4.78 is 33.5. The molecule has 2 rings (SSSR count). The van der Waals surface area contributed by atoms with Crippen LogP contribution >= 0.6 is 0 Å². The van der Waals surface area contributed by atoms with E-state index in [1.807, 2.05) is 24.3 Å². The van der Waals surface area contributed by atoms with Crippen LogP contribution < -0.4 is 0 Å². The number of aryl methyl sites for hydroxylation is 1. The molecule has 0 aliphatic carbocycles. The van der Waals surface area contributed by atoms with Crippen LogP contribution in [0.25, 0.3) is 10.8 Å². The molecule has 1 radical (unpaired) electrons. The molecule has 0 fully saturated rings. The molecule has 0 amide bonds. The second-order valence-corrected chi connectivity index (χ2v) is 8.54. The normalized spacial score (nSPS) is 11.5. The summed E-state index contributed by atoms with van der Waals surface area (Å²) in [5, 5.41) is 1.45. The number of fused-ring (bicyclic) bond motifs is 1. The average molecular weight is 428 g/mol. The maximum atomic E-state index is 11.9. The Morgan fingerprint density at radius 3 is 1.93 bits per heavy atom. The Hall–Kier alpha value is -0.806. The van der Waals surface area contributed by atoms with E-state index in [0.29, 0.717) is 11.8 Å². The molecule has 2 aromatic rings. The Labute approximate surface area is 176 Å². The van der Waals surface area contributed by atoms with Gasteiger partial charge < -0.3 is 0 Å². The van der Waals surface area contributed by atoms with Crippen molar-refractivity contribution in [3.8, 4) is 0 Å². The fourth-order valence-electron chi connectivity index (χ4n) is 3.59. The zero-order chi connectivity index (χ0) is 18.8. The van der Waals surface area contributed by atoms with Gasteiger partial charge in [-0.05, 0) is 23.8 Å². The summed E-state index contributed by atoms with van der Waals surface area (Å²) in [6.45, 7) is 2.24. The van der Waals surface area contributed by atoms with Gasteiger partial charge in [0.05, 0.1) is 0 Å². The van der Waals surface area contributed by atoms with Crippen molar-refractivity contribution in [1.82, 2.24) is 0 Å². The van der Waals surface area contributed by atoms with Gasteiger partial charge >= 0.3 is 0 Å². The van der Waals surface area contributed by atoms with E-state index in [2.05, 4.69) is 6.92 Å². The fraction of sp³-hybridized carbons (Fsp3) is 0.545. The third-order valence-corrected chi connectivity index (χ3v) is 6.02. The van der Waals surface area contributed by atoms with Crippen molar-refractivity contribution in [2.45, 2.75) is 82.4 Å². The van der Waals surface area contributed by atoms with Gasteiger partial charge in [-0.25, -0.2) is 0 Å². The van der Waals surface area contributed by atoms with Crippen LogP contribution in [0.5, 0.6) is 0 Å². The van der Waals surface area contributed by atoms with Crippen LogP contribution in [0, 0.1) is 0 Å². The number of benzene rings is 2. The molecule has 0 bridgehead atoms. The molecule has 0 aliphatic rings. The first-order valence-electron chi connectivity index (χ1n) is 10.0. The summed E-state index contributed by atoms with van der Waals surface area (Å²) in [4.78, 5) is 0.0894. The summed E-state index contributed by atoms with van der Waals surface area (Å²) in [7, 11) is -4.22. The van der Waals surface area contributed by atoms with Crippen molar-refractivity contribution in [3.05, 3.63) is 42.0 Å². The van der Waals surface area contributed by atoms with E-state index in [9.17, 15) is 13.0 Å².